The molecule has 2 N–H and O–H groups in total. The third kappa shape index (κ3) is 3.83. The van der Waals surface area contributed by atoms with E-state index in [0.717, 1.165) is 40.5 Å². The van der Waals surface area contributed by atoms with Gasteiger partial charge >= 0.3 is 0 Å². The van der Waals surface area contributed by atoms with Crippen molar-refractivity contribution in [2.24, 2.45) is 0 Å². The van der Waals surface area contributed by atoms with Crippen LogP contribution in [0.3, 0.4) is 0 Å². The van der Waals surface area contributed by atoms with Gasteiger partial charge in [-0.05, 0) is 61.0 Å². The molecule has 4 rings (SSSR count). The van der Waals surface area contributed by atoms with Crippen molar-refractivity contribution in [2.75, 3.05) is 10.6 Å². The molecule has 3 heterocycles. The Hall–Kier alpha value is -3.34. The van der Waals surface area contributed by atoms with Crippen molar-refractivity contribution in [1.29, 1.82) is 0 Å². The van der Waals surface area contributed by atoms with Gasteiger partial charge in [-0.15, -0.1) is 0 Å². The molecular weight excluding hydrogens is 324 g/mol. The summed E-state index contributed by atoms with van der Waals surface area (Å²) in [5.41, 5.74) is 3.18. The summed E-state index contributed by atoms with van der Waals surface area (Å²) in [6.45, 7) is 3.32. The molecule has 130 valence electrons. The Morgan fingerprint density at radius 3 is 2.73 bits per heavy atom. The molecule has 0 atom stereocenters. The van der Waals surface area contributed by atoms with E-state index >= 15 is 0 Å². The monoisotopic (exact) mass is 344 g/mol. The minimum atomic E-state index is 0.624. The van der Waals surface area contributed by atoms with Crippen LogP contribution in [0.4, 0.5) is 11.5 Å². The van der Waals surface area contributed by atoms with Gasteiger partial charge in [-0.2, -0.15) is 0 Å². The maximum Gasteiger partial charge on any atom is 0.127 e. The van der Waals surface area contributed by atoms with Crippen LogP contribution in [0, 0.1) is 6.92 Å². The summed E-state index contributed by atoms with van der Waals surface area (Å²) in [6.07, 6.45) is 3.59. The number of furan rings is 1. The SMILES string of the molecule is Cc1ccc(CNc2ccc3cc(CNc4cccnc4)ccc3n2)o1. The van der Waals surface area contributed by atoms with Gasteiger partial charge in [0.25, 0.3) is 0 Å². The van der Waals surface area contributed by atoms with Gasteiger partial charge in [-0.1, -0.05) is 6.07 Å². The summed E-state index contributed by atoms with van der Waals surface area (Å²) in [6, 6.07) is 18.3. The highest BCUT2D eigenvalue weighted by Gasteiger charge is 2.03. The fraction of sp³-hybridized carbons (Fsp3) is 0.143. The average molecular weight is 344 g/mol. The van der Waals surface area contributed by atoms with E-state index in [0.29, 0.717) is 6.54 Å². The number of aromatic nitrogens is 2. The van der Waals surface area contributed by atoms with E-state index in [1.807, 2.05) is 43.5 Å². The van der Waals surface area contributed by atoms with Crippen molar-refractivity contribution in [3.05, 3.63) is 84.1 Å². The number of benzene rings is 1. The fourth-order valence-corrected chi connectivity index (χ4v) is 2.81. The first-order valence-corrected chi connectivity index (χ1v) is 8.59. The molecule has 0 aliphatic rings. The van der Waals surface area contributed by atoms with Gasteiger partial charge in [0.1, 0.15) is 17.3 Å². The summed E-state index contributed by atoms with van der Waals surface area (Å²) in [7, 11) is 0. The van der Waals surface area contributed by atoms with Gasteiger partial charge < -0.3 is 15.1 Å². The number of anilines is 2. The maximum absolute atomic E-state index is 5.57. The maximum atomic E-state index is 5.57. The first kappa shape index (κ1) is 16.1. The number of nitrogens with zero attached hydrogens (tertiary/aromatic N) is 2. The van der Waals surface area contributed by atoms with Gasteiger partial charge in [0.2, 0.25) is 0 Å². The highest BCUT2D eigenvalue weighted by atomic mass is 16.3. The number of fused-ring (bicyclic) bond motifs is 1. The van der Waals surface area contributed by atoms with Crippen molar-refractivity contribution in [2.45, 2.75) is 20.0 Å². The zero-order valence-corrected chi connectivity index (χ0v) is 14.6. The quantitative estimate of drug-likeness (QED) is 0.528. The molecule has 3 aromatic heterocycles. The molecular formula is C21H20N4O. The lowest BCUT2D eigenvalue weighted by molar-refractivity contribution is 0.490. The van der Waals surface area contributed by atoms with Crippen LogP contribution in [0.1, 0.15) is 17.1 Å². The minimum absolute atomic E-state index is 0.624. The Morgan fingerprint density at radius 1 is 0.962 bits per heavy atom. The molecule has 0 amide bonds. The van der Waals surface area contributed by atoms with Crippen molar-refractivity contribution < 1.29 is 4.42 Å². The third-order valence-electron chi connectivity index (χ3n) is 4.15. The Labute approximate surface area is 152 Å². The predicted molar refractivity (Wildman–Crippen MR) is 104 cm³/mol. The molecule has 26 heavy (non-hydrogen) atoms. The molecule has 0 bridgehead atoms. The lowest BCUT2D eigenvalue weighted by Crippen LogP contribution is -2.01. The molecule has 0 aliphatic heterocycles. The Kier molecular flexibility index (Phi) is 4.51. The van der Waals surface area contributed by atoms with E-state index in [-0.39, 0.29) is 0 Å². The van der Waals surface area contributed by atoms with Gasteiger partial charge in [0.15, 0.2) is 0 Å². The summed E-state index contributed by atoms with van der Waals surface area (Å²) >= 11 is 0. The van der Waals surface area contributed by atoms with Crippen molar-refractivity contribution in [3.8, 4) is 0 Å². The van der Waals surface area contributed by atoms with E-state index < -0.39 is 0 Å². The number of nitrogens with one attached hydrogen (secondary N) is 2. The molecule has 4 aromatic rings. The van der Waals surface area contributed by atoms with Crippen LogP contribution in [0.25, 0.3) is 10.9 Å². The molecule has 0 spiro atoms. The van der Waals surface area contributed by atoms with Gasteiger partial charge in [0.05, 0.1) is 17.7 Å². The van der Waals surface area contributed by atoms with Crippen LogP contribution in [-0.4, -0.2) is 9.97 Å². The van der Waals surface area contributed by atoms with Gasteiger partial charge in [-0.3, -0.25) is 4.98 Å². The second kappa shape index (κ2) is 7.27. The number of rotatable bonds is 6. The summed E-state index contributed by atoms with van der Waals surface area (Å²) in [4.78, 5) is 8.78. The molecule has 0 radical (unpaired) electrons. The second-order valence-electron chi connectivity index (χ2n) is 6.18. The first-order valence-electron chi connectivity index (χ1n) is 8.59. The van der Waals surface area contributed by atoms with Crippen molar-refractivity contribution in [3.63, 3.8) is 0 Å². The summed E-state index contributed by atoms with van der Waals surface area (Å²) in [5, 5.41) is 7.80. The fourth-order valence-electron chi connectivity index (χ4n) is 2.81. The van der Waals surface area contributed by atoms with E-state index in [9.17, 15) is 0 Å². The molecule has 5 nitrogen and oxygen atoms in total. The van der Waals surface area contributed by atoms with Crippen molar-refractivity contribution >= 4 is 22.4 Å². The average Bonchev–Trinajstić information content (AvgIpc) is 3.10. The number of hydrogen-bond acceptors (Lipinski definition) is 5. The van der Waals surface area contributed by atoms with Crippen LogP contribution in [-0.2, 0) is 13.1 Å². The molecule has 5 heteroatoms. The normalized spacial score (nSPS) is 10.8. The van der Waals surface area contributed by atoms with Crippen molar-refractivity contribution in [1.82, 2.24) is 9.97 Å². The lowest BCUT2D eigenvalue weighted by atomic mass is 10.1. The number of aryl methyl sites for hydroxylation is 1. The van der Waals surface area contributed by atoms with Crippen LogP contribution in [0.5, 0.6) is 0 Å². The summed E-state index contributed by atoms with van der Waals surface area (Å²) < 4.78 is 5.57. The zero-order chi connectivity index (χ0) is 17.8. The Bertz CT molecular complexity index is 1010. The second-order valence-corrected chi connectivity index (χ2v) is 6.18. The van der Waals surface area contributed by atoms with E-state index in [4.69, 9.17) is 4.42 Å². The molecule has 1 aromatic carbocycles. The highest BCUT2D eigenvalue weighted by molar-refractivity contribution is 5.81. The molecule has 0 saturated carbocycles. The van der Waals surface area contributed by atoms with Crippen LogP contribution >= 0.6 is 0 Å². The molecule has 0 aliphatic carbocycles. The topological polar surface area (TPSA) is 63.0 Å². The predicted octanol–water partition coefficient (Wildman–Crippen LogP) is 4.76. The number of hydrogen-bond donors (Lipinski definition) is 2. The zero-order valence-electron chi connectivity index (χ0n) is 14.6. The first-order chi connectivity index (χ1) is 12.8. The van der Waals surface area contributed by atoms with Gasteiger partial charge in [0, 0.05) is 24.3 Å². The molecule has 0 saturated heterocycles. The van der Waals surface area contributed by atoms with Crippen LogP contribution < -0.4 is 10.6 Å². The minimum Gasteiger partial charge on any atom is -0.465 e. The Morgan fingerprint density at radius 2 is 1.92 bits per heavy atom. The van der Waals surface area contributed by atoms with E-state index in [1.165, 1.54) is 5.56 Å². The smallest absolute Gasteiger partial charge is 0.127 e. The van der Waals surface area contributed by atoms with Crippen LogP contribution in [0.15, 0.2) is 71.4 Å². The molecule has 0 fully saturated rings. The molecule has 0 unspecified atom stereocenters. The third-order valence-corrected chi connectivity index (χ3v) is 4.15. The van der Waals surface area contributed by atoms with E-state index in [1.54, 1.807) is 6.20 Å². The van der Waals surface area contributed by atoms with Crippen LogP contribution in [0.2, 0.25) is 0 Å². The number of pyridine rings is 2. The Balaban J connectivity index is 1.43. The lowest BCUT2D eigenvalue weighted by Gasteiger charge is -2.08. The van der Waals surface area contributed by atoms with Gasteiger partial charge in [-0.25, -0.2) is 4.98 Å². The standard InChI is InChI=1S/C21H20N4O/c1-15-4-7-19(26-15)14-24-21-9-6-17-11-16(5-8-20(17)25-21)12-23-18-3-2-10-22-13-18/h2-11,13,23H,12,14H2,1H3,(H,24,25). The summed E-state index contributed by atoms with van der Waals surface area (Å²) in [5.74, 6) is 2.66. The van der Waals surface area contributed by atoms with E-state index in [2.05, 4.69) is 44.9 Å². The largest absolute Gasteiger partial charge is 0.465 e. The highest BCUT2D eigenvalue weighted by Crippen LogP contribution is 2.19.